The predicted octanol–water partition coefficient (Wildman–Crippen LogP) is 2.73. The number of hydrogen-bond donors (Lipinski definition) is 1. The van der Waals surface area contributed by atoms with Gasteiger partial charge in [-0.2, -0.15) is 4.31 Å². The topological polar surface area (TPSA) is 57.6 Å². The molecule has 0 spiro atoms. The van der Waals surface area contributed by atoms with Crippen LogP contribution in [0.5, 0.6) is 0 Å². The van der Waals surface area contributed by atoms with Crippen LogP contribution >= 0.6 is 11.3 Å². The summed E-state index contributed by atoms with van der Waals surface area (Å²) in [5.74, 6) is 1.24. The molecule has 1 saturated heterocycles. The Bertz CT molecular complexity index is 551. The second-order valence-corrected chi connectivity index (χ2v) is 9.37. The molecule has 0 bridgehead atoms. The van der Waals surface area contributed by atoms with Crippen molar-refractivity contribution in [3.63, 3.8) is 0 Å². The van der Waals surface area contributed by atoms with E-state index in [0.29, 0.717) is 35.6 Å². The first-order valence-electron chi connectivity index (χ1n) is 7.65. The fourth-order valence-corrected chi connectivity index (χ4v) is 5.86. The molecular formula is C15H25NO3S2. The first-order chi connectivity index (χ1) is 9.95. The van der Waals surface area contributed by atoms with Crippen LogP contribution < -0.4 is 0 Å². The van der Waals surface area contributed by atoms with Gasteiger partial charge < -0.3 is 5.11 Å². The molecule has 1 unspecified atom stereocenters. The summed E-state index contributed by atoms with van der Waals surface area (Å²) in [5.41, 5.74) is 0. The van der Waals surface area contributed by atoms with Crippen molar-refractivity contribution >= 4 is 21.4 Å². The van der Waals surface area contributed by atoms with Crippen molar-refractivity contribution in [1.82, 2.24) is 4.31 Å². The Hall–Kier alpha value is -0.430. The van der Waals surface area contributed by atoms with Crippen LogP contribution in [0.25, 0.3) is 0 Å². The lowest BCUT2D eigenvalue weighted by Crippen LogP contribution is -2.31. The molecule has 4 nitrogen and oxygen atoms in total. The van der Waals surface area contributed by atoms with E-state index >= 15 is 0 Å². The van der Waals surface area contributed by atoms with Crippen LogP contribution in [0.3, 0.4) is 0 Å². The van der Waals surface area contributed by atoms with Crippen LogP contribution in [0.4, 0.5) is 0 Å². The van der Waals surface area contributed by atoms with Crippen molar-refractivity contribution < 1.29 is 13.5 Å². The van der Waals surface area contributed by atoms with Gasteiger partial charge in [-0.1, -0.05) is 13.8 Å². The van der Waals surface area contributed by atoms with Gasteiger partial charge >= 0.3 is 0 Å². The smallest absolute Gasteiger partial charge is 0.252 e. The maximum Gasteiger partial charge on any atom is 0.252 e. The summed E-state index contributed by atoms with van der Waals surface area (Å²) in [5, 5.41) is 8.95. The summed E-state index contributed by atoms with van der Waals surface area (Å²) in [4.78, 5) is 0.922. The van der Waals surface area contributed by atoms with Crippen molar-refractivity contribution in [2.75, 3.05) is 19.7 Å². The SMILES string of the molecule is CC(C)C1CCCN(S(=O)(=O)c2ccc(CCO)s2)CC1. The lowest BCUT2D eigenvalue weighted by molar-refractivity contribution is 0.300. The monoisotopic (exact) mass is 331 g/mol. The maximum absolute atomic E-state index is 12.7. The van der Waals surface area contributed by atoms with Gasteiger partial charge in [0, 0.05) is 31.0 Å². The second kappa shape index (κ2) is 7.22. The molecule has 1 N–H and O–H groups in total. The molecule has 1 aromatic heterocycles. The first-order valence-corrected chi connectivity index (χ1v) is 9.90. The second-order valence-electron chi connectivity index (χ2n) is 6.03. The van der Waals surface area contributed by atoms with Gasteiger partial charge in [0.1, 0.15) is 4.21 Å². The van der Waals surface area contributed by atoms with E-state index < -0.39 is 10.0 Å². The fraction of sp³-hybridized carbons (Fsp3) is 0.733. The minimum Gasteiger partial charge on any atom is -0.396 e. The van der Waals surface area contributed by atoms with Gasteiger partial charge in [-0.15, -0.1) is 11.3 Å². The van der Waals surface area contributed by atoms with Crippen LogP contribution in [0, 0.1) is 11.8 Å². The van der Waals surface area contributed by atoms with E-state index in [9.17, 15) is 8.42 Å². The molecule has 0 radical (unpaired) electrons. The molecule has 1 aliphatic rings. The normalized spacial score (nSPS) is 21.6. The standard InChI is InChI=1S/C15H25NO3S2/c1-12(2)13-4-3-9-16(10-7-13)21(18,19)15-6-5-14(20-15)8-11-17/h5-6,12-13,17H,3-4,7-11H2,1-2H3. The van der Waals surface area contributed by atoms with E-state index in [4.69, 9.17) is 5.11 Å². The van der Waals surface area contributed by atoms with Crippen LogP contribution in [0.15, 0.2) is 16.3 Å². The Labute approximate surface area is 131 Å². The Morgan fingerprint density at radius 3 is 2.76 bits per heavy atom. The number of aliphatic hydroxyl groups is 1. The molecular weight excluding hydrogens is 306 g/mol. The minimum atomic E-state index is -3.36. The summed E-state index contributed by atoms with van der Waals surface area (Å²) in [6.07, 6.45) is 3.53. The van der Waals surface area contributed by atoms with Gasteiger partial charge in [0.05, 0.1) is 0 Å². The predicted molar refractivity (Wildman–Crippen MR) is 86.0 cm³/mol. The number of aliphatic hydroxyl groups excluding tert-OH is 1. The zero-order valence-electron chi connectivity index (χ0n) is 12.8. The molecule has 6 heteroatoms. The van der Waals surface area contributed by atoms with Crippen molar-refractivity contribution in [1.29, 1.82) is 0 Å². The third kappa shape index (κ3) is 4.06. The third-order valence-corrected chi connectivity index (χ3v) is 7.77. The summed E-state index contributed by atoms with van der Waals surface area (Å²) >= 11 is 1.28. The summed E-state index contributed by atoms with van der Waals surface area (Å²) in [7, 11) is -3.36. The minimum absolute atomic E-state index is 0.0553. The molecule has 1 aliphatic heterocycles. The van der Waals surface area contributed by atoms with Gasteiger partial charge in [-0.3, -0.25) is 0 Å². The average Bonchev–Trinajstić information content (AvgIpc) is 2.75. The third-order valence-electron chi connectivity index (χ3n) is 4.26. The first kappa shape index (κ1) is 16.9. The molecule has 2 heterocycles. The highest BCUT2D eigenvalue weighted by Gasteiger charge is 2.29. The number of hydrogen-bond acceptors (Lipinski definition) is 4. The van der Waals surface area contributed by atoms with Crippen molar-refractivity contribution in [3.8, 4) is 0 Å². The molecule has 0 saturated carbocycles. The zero-order chi connectivity index (χ0) is 15.5. The van der Waals surface area contributed by atoms with Gasteiger partial charge in [0.2, 0.25) is 0 Å². The molecule has 1 aromatic rings. The molecule has 2 rings (SSSR count). The number of nitrogens with zero attached hydrogens (tertiary/aromatic N) is 1. The van der Waals surface area contributed by atoms with Crippen LogP contribution in [0.2, 0.25) is 0 Å². The van der Waals surface area contributed by atoms with Crippen LogP contribution in [-0.4, -0.2) is 37.5 Å². The summed E-state index contributed by atoms with van der Waals surface area (Å²) in [6, 6.07) is 3.48. The number of thiophene rings is 1. The van der Waals surface area contributed by atoms with E-state index in [2.05, 4.69) is 13.8 Å². The maximum atomic E-state index is 12.7. The van der Waals surface area contributed by atoms with Crippen molar-refractivity contribution in [3.05, 3.63) is 17.0 Å². The number of rotatable bonds is 5. The molecule has 0 aliphatic carbocycles. The highest BCUT2D eigenvalue weighted by molar-refractivity contribution is 7.91. The Kier molecular flexibility index (Phi) is 5.82. The van der Waals surface area contributed by atoms with Gasteiger partial charge in [0.25, 0.3) is 10.0 Å². The zero-order valence-corrected chi connectivity index (χ0v) is 14.4. The van der Waals surface area contributed by atoms with Crippen molar-refractivity contribution in [2.24, 2.45) is 11.8 Å². The van der Waals surface area contributed by atoms with Gasteiger partial charge in [-0.05, 0) is 43.2 Å². The highest BCUT2D eigenvalue weighted by atomic mass is 32.2. The Morgan fingerprint density at radius 1 is 1.33 bits per heavy atom. The van der Waals surface area contributed by atoms with E-state index in [1.54, 1.807) is 10.4 Å². The summed E-state index contributed by atoms with van der Waals surface area (Å²) in [6.45, 7) is 5.74. The quantitative estimate of drug-likeness (QED) is 0.902. The van der Waals surface area contributed by atoms with Crippen LogP contribution in [-0.2, 0) is 16.4 Å². The number of sulfonamides is 1. The molecule has 1 fully saturated rings. The van der Waals surface area contributed by atoms with Crippen molar-refractivity contribution in [2.45, 2.75) is 43.7 Å². The van der Waals surface area contributed by atoms with Crippen LogP contribution in [0.1, 0.15) is 38.0 Å². The Balaban J connectivity index is 2.11. The molecule has 1 atom stereocenters. The largest absolute Gasteiger partial charge is 0.396 e. The molecule has 0 aromatic carbocycles. The fourth-order valence-electron chi connectivity index (χ4n) is 2.87. The molecule has 120 valence electrons. The van der Waals surface area contributed by atoms with E-state index in [-0.39, 0.29) is 6.61 Å². The lowest BCUT2D eigenvalue weighted by atomic mass is 9.89. The lowest BCUT2D eigenvalue weighted by Gasteiger charge is -2.20. The summed E-state index contributed by atoms with van der Waals surface area (Å²) < 4.78 is 27.5. The Morgan fingerprint density at radius 2 is 2.10 bits per heavy atom. The van der Waals surface area contributed by atoms with E-state index in [1.807, 2.05) is 6.07 Å². The van der Waals surface area contributed by atoms with Gasteiger partial charge in [-0.25, -0.2) is 8.42 Å². The van der Waals surface area contributed by atoms with E-state index in [0.717, 1.165) is 24.1 Å². The molecule has 0 amide bonds. The van der Waals surface area contributed by atoms with E-state index in [1.165, 1.54) is 11.3 Å². The highest BCUT2D eigenvalue weighted by Crippen LogP contribution is 2.30. The molecule has 21 heavy (non-hydrogen) atoms. The van der Waals surface area contributed by atoms with Gasteiger partial charge in [0.15, 0.2) is 0 Å². The average molecular weight is 332 g/mol.